The summed E-state index contributed by atoms with van der Waals surface area (Å²) in [4.78, 5) is -0.351. The van der Waals surface area contributed by atoms with Crippen LogP contribution in [0, 0.1) is 0 Å². The predicted molar refractivity (Wildman–Crippen MR) is 33.3 cm³/mol. The van der Waals surface area contributed by atoms with Gasteiger partial charge in [0, 0.05) is 6.42 Å². The first-order valence-electron chi connectivity index (χ1n) is 2.02. The Hall–Kier alpha value is 0.870. The summed E-state index contributed by atoms with van der Waals surface area (Å²) < 4.78 is -0.644. The Kier molecular flexibility index (Phi) is 1.05. The van der Waals surface area contributed by atoms with E-state index in [-0.39, 0.29) is 4.87 Å². The average Bonchev–Trinajstić information content (AvgIpc) is 1.63. The highest BCUT2D eigenvalue weighted by molar-refractivity contribution is 6.57. The van der Waals surface area contributed by atoms with E-state index in [0.717, 1.165) is 0 Å². The normalized spacial score (nSPS) is 46.3. The fourth-order valence-corrected chi connectivity index (χ4v) is 1.24. The molecule has 1 unspecified atom stereocenters. The Bertz CT molecular complexity index is 83.1. The summed E-state index contributed by atoms with van der Waals surface area (Å²) in [5.74, 6) is 0. The second-order valence-electron chi connectivity index (χ2n) is 2.08. The smallest absolute Gasteiger partial charge is 0.116 e. The van der Waals surface area contributed by atoms with Crippen molar-refractivity contribution in [2.24, 2.45) is 0 Å². The highest BCUT2D eigenvalue weighted by Gasteiger charge is 2.62. The molecule has 1 atom stereocenters. The van der Waals surface area contributed by atoms with Gasteiger partial charge < -0.3 is 0 Å². The summed E-state index contributed by atoms with van der Waals surface area (Å²) in [6.45, 7) is 1.83. The largest absolute Gasteiger partial charge is 0.138 e. The van der Waals surface area contributed by atoms with E-state index in [4.69, 9.17) is 34.8 Å². The van der Waals surface area contributed by atoms with E-state index in [0.29, 0.717) is 6.42 Å². The van der Waals surface area contributed by atoms with Crippen LogP contribution in [0.15, 0.2) is 0 Å². The maximum Gasteiger partial charge on any atom is 0.138 e. The monoisotopic (exact) mass is 158 g/mol. The molecule has 42 valence electrons. The van der Waals surface area contributed by atoms with Gasteiger partial charge in [-0.25, -0.2) is 0 Å². The third-order valence-electron chi connectivity index (χ3n) is 1.19. The summed E-state index contributed by atoms with van der Waals surface area (Å²) in [6.07, 6.45) is 0.699. The molecule has 1 fully saturated rings. The molecule has 0 aromatic heterocycles. The first-order valence-corrected chi connectivity index (χ1v) is 3.16. The first-order chi connectivity index (χ1) is 2.96. The number of rotatable bonds is 0. The maximum absolute atomic E-state index is 5.67. The van der Waals surface area contributed by atoms with Crippen LogP contribution < -0.4 is 0 Å². The van der Waals surface area contributed by atoms with Crippen LogP contribution in [0.3, 0.4) is 0 Å². The highest BCUT2D eigenvalue weighted by Crippen LogP contribution is 2.60. The molecule has 0 nitrogen and oxygen atoms in total. The Morgan fingerprint density at radius 2 is 1.43 bits per heavy atom. The van der Waals surface area contributed by atoms with Gasteiger partial charge in [-0.1, -0.05) is 23.2 Å². The lowest BCUT2D eigenvalue weighted by molar-refractivity contribution is 1.01. The summed E-state index contributed by atoms with van der Waals surface area (Å²) in [5, 5.41) is 0. The molecule has 0 aromatic rings. The SMILES string of the molecule is CC1(Cl)CC1(Cl)Cl. The molecule has 7 heavy (non-hydrogen) atoms. The molecular weight excluding hydrogens is 154 g/mol. The Labute approximate surface area is 57.7 Å². The molecule has 3 heteroatoms. The highest BCUT2D eigenvalue weighted by atomic mass is 35.5. The number of hydrogen-bond donors (Lipinski definition) is 0. The van der Waals surface area contributed by atoms with Crippen LogP contribution in [0.1, 0.15) is 13.3 Å². The molecule has 1 saturated carbocycles. The zero-order valence-electron chi connectivity index (χ0n) is 3.84. The van der Waals surface area contributed by atoms with E-state index in [1.807, 2.05) is 6.92 Å². The Morgan fingerprint density at radius 3 is 1.43 bits per heavy atom. The van der Waals surface area contributed by atoms with Gasteiger partial charge in [-0.2, -0.15) is 0 Å². The van der Waals surface area contributed by atoms with E-state index >= 15 is 0 Å². The minimum atomic E-state index is -0.644. The van der Waals surface area contributed by atoms with Crippen molar-refractivity contribution >= 4 is 34.8 Å². The van der Waals surface area contributed by atoms with Crippen molar-refractivity contribution < 1.29 is 0 Å². The number of alkyl halides is 3. The Balaban J connectivity index is 2.59. The second kappa shape index (κ2) is 1.23. The summed E-state index contributed by atoms with van der Waals surface area (Å²) >= 11 is 16.8. The van der Waals surface area contributed by atoms with E-state index in [9.17, 15) is 0 Å². The Morgan fingerprint density at radius 1 is 1.29 bits per heavy atom. The molecule has 0 bridgehead atoms. The van der Waals surface area contributed by atoms with Crippen molar-refractivity contribution in [1.29, 1.82) is 0 Å². The van der Waals surface area contributed by atoms with Crippen LogP contribution in [-0.2, 0) is 0 Å². The van der Waals surface area contributed by atoms with Gasteiger partial charge in [-0.15, -0.1) is 11.6 Å². The average molecular weight is 159 g/mol. The first kappa shape index (κ1) is 6.00. The molecular formula is C4H5Cl3. The van der Waals surface area contributed by atoms with E-state index in [2.05, 4.69) is 0 Å². The van der Waals surface area contributed by atoms with Crippen LogP contribution >= 0.6 is 34.8 Å². The van der Waals surface area contributed by atoms with Crippen molar-refractivity contribution in [3.05, 3.63) is 0 Å². The van der Waals surface area contributed by atoms with Gasteiger partial charge in [0.2, 0.25) is 0 Å². The van der Waals surface area contributed by atoms with E-state index in [1.165, 1.54) is 0 Å². The third kappa shape index (κ3) is 0.847. The molecule has 0 N–H and O–H groups in total. The molecule has 0 aliphatic heterocycles. The van der Waals surface area contributed by atoms with Gasteiger partial charge >= 0.3 is 0 Å². The molecule has 0 spiro atoms. The molecule has 0 amide bonds. The molecule has 0 saturated heterocycles. The van der Waals surface area contributed by atoms with Crippen LogP contribution in [0.4, 0.5) is 0 Å². The van der Waals surface area contributed by atoms with Crippen molar-refractivity contribution in [3.63, 3.8) is 0 Å². The number of hydrogen-bond acceptors (Lipinski definition) is 0. The second-order valence-corrected chi connectivity index (χ2v) is 4.40. The zero-order valence-corrected chi connectivity index (χ0v) is 6.11. The fourth-order valence-electron chi connectivity index (χ4n) is 0.373. The van der Waals surface area contributed by atoms with E-state index < -0.39 is 4.33 Å². The molecule has 1 aliphatic rings. The lowest BCUT2D eigenvalue weighted by atomic mass is 10.5. The van der Waals surface area contributed by atoms with Gasteiger partial charge in [0.15, 0.2) is 0 Å². The van der Waals surface area contributed by atoms with Crippen molar-refractivity contribution in [3.8, 4) is 0 Å². The van der Waals surface area contributed by atoms with Crippen LogP contribution in [0.25, 0.3) is 0 Å². The van der Waals surface area contributed by atoms with Gasteiger partial charge in [0.1, 0.15) is 4.33 Å². The summed E-state index contributed by atoms with van der Waals surface area (Å²) in [5.41, 5.74) is 0. The molecule has 0 radical (unpaired) electrons. The van der Waals surface area contributed by atoms with Gasteiger partial charge in [-0.05, 0) is 6.92 Å². The lowest BCUT2D eigenvalue weighted by Crippen LogP contribution is -2.00. The van der Waals surface area contributed by atoms with Crippen LogP contribution in [-0.4, -0.2) is 9.21 Å². The summed E-state index contributed by atoms with van der Waals surface area (Å²) in [7, 11) is 0. The molecule has 1 rings (SSSR count). The standard InChI is InChI=1S/C4H5Cl3/c1-3(5)2-4(3,6)7/h2H2,1H3. The minimum Gasteiger partial charge on any atom is -0.116 e. The van der Waals surface area contributed by atoms with Gasteiger partial charge in [0.25, 0.3) is 0 Å². The van der Waals surface area contributed by atoms with Crippen molar-refractivity contribution in [2.45, 2.75) is 22.6 Å². The van der Waals surface area contributed by atoms with Crippen LogP contribution in [0.5, 0.6) is 0 Å². The topological polar surface area (TPSA) is 0 Å². The maximum atomic E-state index is 5.67. The minimum absolute atomic E-state index is 0.351. The summed E-state index contributed by atoms with van der Waals surface area (Å²) in [6, 6.07) is 0. The van der Waals surface area contributed by atoms with Gasteiger partial charge in [0.05, 0.1) is 4.87 Å². The predicted octanol–water partition coefficient (Wildman–Crippen LogP) is 2.56. The molecule has 0 heterocycles. The van der Waals surface area contributed by atoms with Crippen molar-refractivity contribution in [2.75, 3.05) is 0 Å². The van der Waals surface area contributed by atoms with Gasteiger partial charge in [-0.3, -0.25) is 0 Å². The van der Waals surface area contributed by atoms with E-state index in [1.54, 1.807) is 0 Å². The molecule has 0 aromatic carbocycles. The van der Waals surface area contributed by atoms with Crippen LogP contribution in [0.2, 0.25) is 0 Å². The fraction of sp³-hybridized carbons (Fsp3) is 1.00. The number of halogens is 3. The quantitative estimate of drug-likeness (QED) is 0.477. The van der Waals surface area contributed by atoms with Crippen molar-refractivity contribution in [1.82, 2.24) is 0 Å². The zero-order chi connectivity index (χ0) is 5.71. The molecule has 1 aliphatic carbocycles. The lowest BCUT2D eigenvalue weighted by Gasteiger charge is -1.96. The third-order valence-corrected chi connectivity index (χ3v) is 2.94.